The van der Waals surface area contributed by atoms with Gasteiger partial charge in [-0.3, -0.25) is 0 Å². The predicted octanol–water partition coefficient (Wildman–Crippen LogP) is 3.85. The van der Waals surface area contributed by atoms with Crippen LogP contribution >= 0.6 is 0 Å². The van der Waals surface area contributed by atoms with Crippen molar-refractivity contribution in [1.82, 2.24) is 5.32 Å². The Balaban J connectivity index is 2.14. The predicted molar refractivity (Wildman–Crippen MR) is 80.2 cm³/mol. The Hall–Kier alpha value is -1.28. The maximum Gasteiger partial charge on any atom is 0.0876 e. The van der Waals surface area contributed by atoms with Crippen molar-refractivity contribution >= 4 is 0 Å². The molecule has 2 rings (SSSR count). The Morgan fingerprint density at radius 2 is 2.05 bits per heavy atom. The van der Waals surface area contributed by atoms with Gasteiger partial charge in [0.1, 0.15) is 0 Å². The van der Waals surface area contributed by atoms with Crippen LogP contribution in [0.15, 0.2) is 42.2 Å². The lowest BCUT2D eigenvalue weighted by molar-refractivity contribution is 0.217. The molecule has 2 heteroatoms. The third-order valence-corrected chi connectivity index (χ3v) is 3.80. The molecule has 2 unspecified atom stereocenters. The fourth-order valence-corrected chi connectivity index (χ4v) is 2.69. The number of benzene rings is 1. The van der Waals surface area contributed by atoms with Gasteiger partial charge in [0.2, 0.25) is 0 Å². The van der Waals surface area contributed by atoms with E-state index in [1.54, 1.807) is 0 Å². The Morgan fingerprint density at radius 3 is 2.68 bits per heavy atom. The summed E-state index contributed by atoms with van der Waals surface area (Å²) in [6, 6.07) is 11.1. The molecule has 0 aliphatic carbocycles. The van der Waals surface area contributed by atoms with Gasteiger partial charge in [-0.05, 0) is 36.9 Å². The summed E-state index contributed by atoms with van der Waals surface area (Å²) in [6.45, 7) is 6.43. The molecule has 0 amide bonds. The minimum absolute atomic E-state index is 0.391. The summed E-state index contributed by atoms with van der Waals surface area (Å²) in [5, 5.41) is 3.69. The van der Waals surface area contributed by atoms with Gasteiger partial charge in [0.25, 0.3) is 0 Å². The van der Waals surface area contributed by atoms with E-state index < -0.39 is 0 Å². The van der Waals surface area contributed by atoms with Crippen molar-refractivity contribution in [3.05, 3.63) is 47.7 Å². The van der Waals surface area contributed by atoms with Crippen molar-refractivity contribution in [2.45, 2.75) is 45.1 Å². The number of hydrogen-bond donors (Lipinski definition) is 1. The Morgan fingerprint density at radius 1 is 1.26 bits per heavy atom. The minimum Gasteiger partial charge on any atom is -0.501 e. The van der Waals surface area contributed by atoms with E-state index in [0.29, 0.717) is 12.0 Å². The average Bonchev–Trinajstić information content (AvgIpc) is 2.49. The molecule has 1 aromatic rings. The van der Waals surface area contributed by atoms with E-state index in [2.05, 4.69) is 49.5 Å². The van der Waals surface area contributed by atoms with Gasteiger partial charge in [-0.25, -0.2) is 0 Å². The van der Waals surface area contributed by atoms with Crippen LogP contribution in [0.2, 0.25) is 0 Å². The molecule has 1 N–H and O–H groups in total. The monoisotopic (exact) mass is 259 g/mol. The molecule has 1 aromatic carbocycles. The quantitative estimate of drug-likeness (QED) is 0.837. The highest BCUT2D eigenvalue weighted by molar-refractivity contribution is 5.25. The third-order valence-electron chi connectivity index (χ3n) is 3.80. The summed E-state index contributed by atoms with van der Waals surface area (Å²) in [4.78, 5) is 0. The van der Waals surface area contributed by atoms with Gasteiger partial charge < -0.3 is 10.1 Å². The molecule has 0 fully saturated rings. The van der Waals surface area contributed by atoms with E-state index >= 15 is 0 Å². The highest BCUT2D eigenvalue weighted by Gasteiger charge is 2.23. The van der Waals surface area contributed by atoms with Crippen molar-refractivity contribution in [1.29, 1.82) is 0 Å². The smallest absolute Gasteiger partial charge is 0.0876 e. The zero-order valence-electron chi connectivity index (χ0n) is 12.1. The summed E-state index contributed by atoms with van der Waals surface area (Å²) >= 11 is 0. The molecule has 2 atom stereocenters. The van der Waals surface area contributed by atoms with Crippen LogP contribution in [-0.2, 0) is 4.74 Å². The van der Waals surface area contributed by atoms with Gasteiger partial charge in [-0.2, -0.15) is 0 Å². The average molecular weight is 259 g/mol. The fourth-order valence-electron chi connectivity index (χ4n) is 2.69. The zero-order chi connectivity index (χ0) is 13.5. The van der Waals surface area contributed by atoms with Crippen LogP contribution in [0.3, 0.4) is 0 Å². The van der Waals surface area contributed by atoms with E-state index in [9.17, 15) is 0 Å². The lowest BCUT2D eigenvalue weighted by atomic mass is 9.86. The first-order chi connectivity index (χ1) is 9.33. The summed E-state index contributed by atoms with van der Waals surface area (Å²) in [5.41, 5.74) is 2.80. The number of nitrogens with one attached hydrogen (secondary N) is 1. The van der Waals surface area contributed by atoms with Crippen LogP contribution in [0, 0.1) is 0 Å². The van der Waals surface area contributed by atoms with Crippen LogP contribution < -0.4 is 5.32 Å². The number of ether oxygens (including phenoxy) is 1. The van der Waals surface area contributed by atoms with Crippen LogP contribution in [0.1, 0.15) is 44.6 Å². The molecule has 0 saturated heterocycles. The first-order valence-corrected chi connectivity index (χ1v) is 7.41. The minimum atomic E-state index is 0.391. The molecule has 0 aromatic heterocycles. The Kier molecular flexibility index (Phi) is 5.46. The fraction of sp³-hybridized carbons (Fsp3) is 0.529. The molecule has 0 spiro atoms. The summed E-state index contributed by atoms with van der Waals surface area (Å²) in [5.74, 6) is 0.473. The summed E-state index contributed by atoms with van der Waals surface area (Å²) < 4.78 is 5.53. The van der Waals surface area contributed by atoms with E-state index in [1.807, 2.05) is 6.26 Å². The summed E-state index contributed by atoms with van der Waals surface area (Å²) in [6.07, 6.45) is 5.43. The highest BCUT2D eigenvalue weighted by atomic mass is 16.5. The topological polar surface area (TPSA) is 21.3 Å². The molecule has 104 valence electrons. The van der Waals surface area contributed by atoms with E-state index in [1.165, 1.54) is 11.1 Å². The van der Waals surface area contributed by atoms with Crippen LogP contribution in [-0.4, -0.2) is 19.2 Å². The molecule has 0 saturated carbocycles. The molecule has 1 aliphatic heterocycles. The van der Waals surface area contributed by atoms with Crippen LogP contribution in [0.5, 0.6) is 0 Å². The second-order valence-corrected chi connectivity index (χ2v) is 5.30. The van der Waals surface area contributed by atoms with Crippen molar-refractivity contribution in [3.63, 3.8) is 0 Å². The Bertz CT molecular complexity index is 399. The number of hydrogen-bond acceptors (Lipinski definition) is 2. The standard InChI is InChI=1S/C17H25NO/c1-3-11-18-17(16-10-7-12-19-13-16)14(2)15-8-5-4-6-9-15/h4-6,8-9,13-14,17-18H,3,7,10-12H2,1-2H3. The van der Waals surface area contributed by atoms with Gasteiger partial charge >= 0.3 is 0 Å². The maximum absolute atomic E-state index is 5.53. The SMILES string of the molecule is CCCNC(C1=COCCC1)C(C)c1ccccc1. The highest BCUT2D eigenvalue weighted by Crippen LogP contribution is 2.27. The maximum atomic E-state index is 5.53. The van der Waals surface area contributed by atoms with Gasteiger partial charge in [-0.1, -0.05) is 44.2 Å². The number of rotatable bonds is 6. The van der Waals surface area contributed by atoms with Crippen molar-refractivity contribution in [2.75, 3.05) is 13.2 Å². The second kappa shape index (κ2) is 7.34. The molecule has 1 heterocycles. The molecule has 0 radical (unpaired) electrons. The molecule has 19 heavy (non-hydrogen) atoms. The van der Waals surface area contributed by atoms with Gasteiger partial charge in [0.05, 0.1) is 12.9 Å². The molecule has 1 aliphatic rings. The Labute approximate surface area is 116 Å². The van der Waals surface area contributed by atoms with Gasteiger partial charge in [-0.15, -0.1) is 0 Å². The van der Waals surface area contributed by atoms with Crippen molar-refractivity contribution < 1.29 is 4.74 Å². The molecule has 0 bridgehead atoms. The van der Waals surface area contributed by atoms with E-state index in [-0.39, 0.29) is 0 Å². The molecule has 2 nitrogen and oxygen atoms in total. The normalized spacial score (nSPS) is 18.3. The van der Waals surface area contributed by atoms with Gasteiger partial charge in [0.15, 0.2) is 0 Å². The molecular formula is C17H25NO. The summed E-state index contributed by atoms with van der Waals surface area (Å²) in [7, 11) is 0. The van der Waals surface area contributed by atoms with Crippen molar-refractivity contribution in [2.24, 2.45) is 0 Å². The zero-order valence-corrected chi connectivity index (χ0v) is 12.1. The van der Waals surface area contributed by atoms with Crippen LogP contribution in [0.25, 0.3) is 0 Å². The largest absolute Gasteiger partial charge is 0.501 e. The second-order valence-electron chi connectivity index (χ2n) is 5.30. The lowest BCUT2D eigenvalue weighted by Gasteiger charge is -2.29. The van der Waals surface area contributed by atoms with Gasteiger partial charge in [0, 0.05) is 12.0 Å². The first kappa shape index (κ1) is 14.1. The third kappa shape index (κ3) is 3.84. The van der Waals surface area contributed by atoms with Crippen LogP contribution in [0.4, 0.5) is 0 Å². The van der Waals surface area contributed by atoms with E-state index in [4.69, 9.17) is 4.74 Å². The van der Waals surface area contributed by atoms with E-state index in [0.717, 1.165) is 32.4 Å². The molecular weight excluding hydrogens is 234 g/mol. The van der Waals surface area contributed by atoms with Crippen molar-refractivity contribution in [3.8, 4) is 0 Å². The first-order valence-electron chi connectivity index (χ1n) is 7.41. The lowest BCUT2D eigenvalue weighted by Crippen LogP contribution is -2.37.